The molecular formula is C8H5ClF3NO. The minimum atomic E-state index is -4.44. The number of carbonyl (C=O) groups is 1. The maximum atomic E-state index is 12.2. The molecule has 1 amide bonds. The van der Waals surface area contributed by atoms with Crippen LogP contribution in [0.1, 0.15) is 5.56 Å². The van der Waals surface area contributed by atoms with E-state index in [9.17, 15) is 18.0 Å². The summed E-state index contributed by atoms with van der Waals surface area (Å²) in [4.78, 5) is 10.0. The second kappa shape index (κ2) is 3.88. The summed E-state index contributed by atoms with van der Waals surface area (Å²) in [6.45, 7) is 0. The number of benzene rings is 1. The molecule has 76 valence electrons. The summed E-state index contributed by atoms with van der Waals surface area (Å²) < 4.78 is 36.5. The summed E-state index contributed by atoms with van der Waals surface area (Å²) in [5, 5.41) is 2.14. The Morgan fingerprint density at radius 1 is 1.36 bits per heavy atom. The van der Waals surface area contributed by atoms with Crippen LogP contribution < -0.4 is 5.32 Å². The van der Waals surface area contributed by atoms with Gasteiger partial charge in [-0.2, -0.15) is 13.2 Å². The van der Waals surface area contributed by atoms with Crippen molar-refractivity contribution in [2.24, 2.45) is 0 Å². The highest BCUT2D eigenvalue weighted by molar-refractivity contribution is 6.33. The predicted molar refractivity (Wildman–Crippen MR) is 46.1 cm³/mol. The molecular weight excluding hydrogens is 219 g/mol. The fraction of sp³-hybridized carbons (Fsp3) is 0.125. The number of carbonyl (C=O) groups excluding carboxylic acids is 1. The van der Waals surface area contributed by atoms with Crippen molar-refractivity contribution < 1.29 is 18.0 Å². The second-order valence-corrected chi connectivity index (χ2v) is 2.86. The van der Waals surface area contributed by atoms with Gasteiger partial charge in [0.2, 0.25) is 6.41 Å². The van der Waals surface area contributed by atoms with E-state index >= 15 is 0 Å². The summed E-state index contributed by atoms with van der Waals surface area (Å²) in [5.74, 6) is 0. The number of nitrogens with one attached hydrogen (secondary N) is 1. The minimum Gasteiger partial charge on any atom is -0.327 e. The Morgan fingerprint density at radius 3 is 2.50 bits per heavy atom. The van der Waals surface area contributed by atoms with Crippen molar-refractivity contribution in [3.63, 3.8) is 0 Å². The Balaban J connectivity index is 3.12. The molecule has 0 atom stereocenters. The van der Waals surface area contributed by atoms with Crippen molar-refractivity contribution in [1.29, 1.82) is 0 Å². The number of rotatable bonds is 2. The number of anilines is 1. The SMILES string of the molecule is O=CNc1cc(C(F)(F)F)ccc1Cl. The van der Waals surface area contributed by atoms with Crippen LogP contribution in [-0.4, -0.2) is 6.41 Å². The number of halogens is 4. The first-order chi connectivity index (χ1) is 6.45. The molecule has 0 spiro atoms. The average molecular weight is 224 g/mol. The maximum Gasteiger partial charge on any atom is 0.416 e. The molecule has 1 aromatic rings. The third-order valence-corrected chi connectivity index (χ3v) is 1.84. The first-order valence-corrected chi connectivity index (χ1v) is 3.90. The molecule has 0 aliphatic rings. The van der Waals surface area contributed by atoms with Crippen molar-refractivity contribution in [2.75, 3.05) is 5.32 Å². The number of alkyl halides is 3. The fourth-order valence-electron chi connectivity index (χ4n) is 0.876. The quantitative estimate of drug-likeness (QED) is 0.768. The molecule has 0 bridgehead atoms. The van der Waals surface area contributed by atoms with Crippen molar-refractivity contribution in [3.8, 4) is 0 Å². The molecule has 2 nitrogen and oxygen atoms in total. The first kappa shape index (κ1) is 10.8. The van der Waals surface area contributed by atoms with Gasteiger partial charge >= 0.3 is 6.18 Å². The van der Waals surface area contributed by atoms with Crippen LogP contribution >= 0.6 is 11.6 Å². The number of amides is 1. The highest BCUT2D eigenvalue weighted by atomic mass is 35.5. The van der Waals surface area contributed by atoms with E-state index < -0.39 is 11.7 Å². The maximum absolute atomic E-state index is 12.2. The van der Waals surface area contributed by atoms with Gasteiger partial charge < -0.3 is 5.32 Å². The largest absolute Gasteiger partial charge is 0.416 e. The molecule has 1 rings (SSSR count). The van der Waals surface area contributed by atoms with Gasteiger partial charge in [0.1, 0.15) is 0 Å². The molecule has 1 N–H and O–H groups in total. The van der Waals surface area contributed by atoms with Crippen molar-refractivity contribution in [2.45, 2.75) is 6.18 Å². The molecule has 0 radical (unpaired) electrons. The fourth-order valence-corrected chi connectivity index (χ4v) is 1.05. The zero-order chi connectivity index (χ0) is 10.8. The van der Waals surface area contributed by atoms with E-state index in [1.807, 2.05) is 0 Å². The van der Waals surface area contributed by atoms with Crippen LogP contribution in [0.2, 0.25) is 5.02 Å². The van der Waals surface area contributed by atoms with Crippen LogP contribution in [0.25, 0.3) is 0 Å². The van der Waals surface area contributed by atoms with Crippen LogP contribution in [0.3, 0.4) is 0 Å². The van der Waals surface area contributed by atoms with E-state index in [1.165, 1.54) is 0 Å². The van der Waals surface area contributed by atoms with Gasteiger partial charge in [-0.25, -0.2) is 0 Å². The third kappa shape index (κ3) is 2.38. The van der Waals surface area contributed by atoms with Crippen molar-refractivity contribution in [1.82, 2.24) is 0 Å². The summed E-state index contributed by atoms with van der Waals surface area (Å²) in [5.41, 5.74) is -0.914. The Morgan fingerprint density at radius 2 is 2.00 bits per heavy atom. The van der Waals surface area contributed by atoms with Crippen LogP contribution in [0, 0.1) is 0 Å². The molecule has 0 saturated heterocycles. The number of hydrogen-bond donors (Lipinski definition) is 1. The molecule has 0 aliphatic carbocycles. The molecule has 14 heavy (non-hydrogen) atoms. The Bertz CT molecular complexity index is 351. The highest BCUT2D eigenvalue weighted by Gasteiger charge is 2.30. The van der Waals surface area contributed by atoms with Gasteiger partial charge in [-0.1, -0.05) is 11.6 Å². The molecule has 0 unspecified atom stereocenters. The standard InChI is InChI=1S/C8H5ClF3NO/c9-6-2-1-5(8(10,11)12)3-7(6)13-4-14/h1-4H,(H,13,14). The molecule has 0 saturated carbocycles. The lowest BCUT2D eigenvalue weighted by Gasteiger charge is -2.09. The lowest BCUT2D eigenvalue weighted by Crippen LogP contribution is -2.06. The molecule has 0 aromatic heterocycles. The van der Waals surface area contributed by atoms with Crippen molar-refractivity contribution >= 4 is 23.7 Å². The zero-order valence-electron chi connectivity index (χ0n) is 6.73. The van der Waals surface area contributed by atoms with Crippen LogP contribution in [0.5, 0.6) is 0 Å². The minimum absolute atomic E-state index is 0.0588. The van der Waals surface area contributed by atoms with E-state index in [2.05, 4.69) is 5.32 Å². The highest BCUT2D eigenvalue weighted by Crippen LogP contribution is 2.33. The van der Waals surface area contributed by atoms with Crippen molar-refractivity contribution in [3.05, 3.63) is 28.8 Å². The predicted octanol–water partition coefficient (Wildman–Crippen LogP) is 2.93. The second-order valence-electron chi connectivity index (χ2n) is 2.45. The van der Waals surface area contributed by atoms with Gasteiger partial charge in [0.15, 0.2) is 0 Å². The molecule has 6 heteroatoms. The molecule has 0 aliphatic heterocycles. The molecule has 0 heterocycles. The normalized spacial score (nSPS) is 11.1. The van der Waals surface area contributed by atoms with Gasteiger partial charge in [0.05, 0.1) is 16.3 Å². The Hall–Kier alpha value is -1.23. The monoisotopic (exact) mass is 223 g/mol. The van der Waals surface area contributed by atoms with Gasteiger partial charge in [-0.15, -0.1) is 0 Å². The zero-order valence-corrected chi connectivity index (χ0v) is 7.49. The van der Waals surface area contributed by atoms with E-state index in [1.54, 1.807) is 0 Å². The van der Waals surface area contributed by atoms with Crippen LogP contribution in [0.4, 0.5) is 18.9 Å². The van der Waals surface area contributed by atoms with Crippen LogP contribution in [-0.2, 0) is 11.0 Å². The first-order valence-electron chi connectivity index (χ1n) is 3.52. The van der Waals surface area contributed by atoms with E-state index in [4.69, 9.17) is 11.6 Å². The number of hydrogen-bond acceptors (Lipinski definition) is 1. The Kier molecular flexibility index (Phi) is 3.00. The van der Waals surface area contributed by atoms with E-state index in [0.717, 1.165) is 18.2 Å². The lowest BCUT2D eigenvalue weighted by atomic mass is 10.2. The smallest absolute Gasteiger partial charge is 0.327 e. The Labute approximate surface area is 82.7 Å². The molecule has 0 fully saturated rings. The average Bonchev–Trinajstić information content (AvgIpc) is 2.07. The summed E-state index contributed by atoms with van der Waals surface area (Å²) in [6, 6.07) is 2.70. The van der Waals surface area contributed by atoms with E-state index in [-0.39, 0.29) is 17.1 Å². The van der Waals surface area contributed by atoms with E-state index in [0.29, 0.717) is 0 Å². The van der Waals surface area contributed by atoms with Gasteiger partial charge in [0.25, 0.3) is 0 Å². The topological polar surface area (TPSA) is 29.1 Å². The third-order valence-electron chi connectivity index (χ3n) is 1.51. The summed E-state index contributed by atoms with van der Waals surface area (Å²) in [6.07, 6.45) is -4.18. The molecule has 1 aromatic carbocycles. The van der Waals surface area contributed by atoms with Gasteiger partial charge in [-0.05, 0) is 18.2 Å². The van der Waals surface area contributed by atoms with Gasteiger partial charge in [-0.3, -0.25) is 4.79 Å². The summed E-state index contributed by atoms with van der Waals surface area (Å²) in [7, 11) is 0. The lowest BCUT2D eigenvalue weighted by molar-refractivity contribution is -0.137. The van der Waals surface area contributed by atoms with Crippen LogP contribution in [0.15, 0.2) is 18.2 Å². The van der Waals surface area contributed by atoms with Gasteiger partial charge in [0, 0.05) is 0 Å². The summed E-state index contributed by atoms with van der Waals surface area (Å²) >= 11 is 5.54.